The average Bonchev–Trinajstić information content (AvgIpc) is 3.08. The van der Waals surface area contributed by atoms with Crippen LogP contribution >= 0.6 is 0 Å². The molecule has 0 radical (unpaired) electrons. The molecule has 0 spiro atoms. The molecular formula is C21H19N3O2. The average molecular weight is 345 g/mol. The number of nitrogens with zero attached hydrogens (tertiary/aromatic N) is 1. The quantitative estimate of drug-likeness (QED) is 0.545. The molecule has 2 N–H and O–H groups in total. The second kappa shape index (κ2) is 6.88. The topological polar surface area (TPSA) is 66.9 Å². The fourth-order valence-electron chi connectivity index (χ4n) is 3.22. The van der Waals surface area contributed by atoms with E-state index in [0.717, 1.165) is 18.4 Å². The summed E-state index contributed by atoms with van der Waals surface area (Å²) in [5, 5.41) is 5.44. The highest BCUT2D eigenvalue weighted by Gasteiger charge is 2.09. The molecule has 5 heteroatoms. The van der Waals surface area contributed by atoms with Gasteiger partial charge in [0.2, 0.25) is 0 Å². The van der Waals surface area contributed by atoms with Gasteiger partial charge in [0.15, 0.2) is 0 Å². The zero-order chi connectivity index (χ0) is 17.9. The van der Waals surface area contributed by atoms with E-state index < -0.39 is 0 Å². The SMILES string of the molecule is O=C(NCCCn1ccc2ccccc21)c1cc2ccccc2c(=O)[nH]1. The van der Waals surface area contributed by atoms with Crippen molar-refractivity contribution < 1.29 is 4.79 Å². The number of fused-ring (bicyclic) bond motifs is 2. The maximum atomic E-state index is 12.3. The molecule has 0 aliphatic heterocycles. The van der Waals surface area contributed by atoms with E-state index in [9.17, 15) is 9.59 Å². The highest BCUT2D eigenvalue weighted by Crippen LogP contribution is 2.15. The van der Waals surface area contributed by atoms with Crippen molar-refractivity contribution >= 4 is 27.6 Å². The Morgan fingerprint density at radius 2 is 1.77 bits per heavy atom. The maximum absolute atomic E-state index is 12.3. The van der Waals surface area contributed by atoms with Gasteiger partial charge in [0.05, 0.1) is 0 Å². The van der Waals surface area contributed by atoms with Crippen molar-refractivity contribution in [2.24, 2.45) is 0 Å². The van der Waals surface area contributed by atoms with Crippen LogP contribution in [-0.4, -0.2) is 22.0 Å². The molecular weight excluding hydrogens is 326 g/mol. The maximum Gasteiger partial charge on any atom is 0.267 e. The molecule has 0 bridgehead atoms. The van der Waals surface area contributed by atoms with Gasteiger partial charge in [-0.15, -0.1) is 0 Å². The summed E-state index contributed by atoms with van der Waals surface area (Å²) in [5.41, 5.74) is 1.24. The Balaban J connectivity index is 1.39. The van der Waals surface area contributed by atoms with Crippen LogP contribution in [0.1, 0.15) is 16.9 Å². The van der Waals surface area contributed by atoms with Crippen LogP contribution in [0.2, 0.25) is 0 Å². The first-order chi connectivity index (χ1) is 12.7. The van der Waals surface area contributed by atoms with E-state index in [2.05, 4.69) is 39.3 Å². The standard InChI is InChI=1S/C21H19N3O2/c25-20-17-8-3-1-7-16(17)14-18(23-20)21(26)22-11-5-12-24-13-10-15-6-2-4-9-19(15)24/h1-4,6-10,13-14H,5,11-12H2,(H,22,26)(H,23,25). The van der Waals surface area contributed by atoms with E-state index in [0.29, 0.717) is 17.6 Å². The lowest BCUT2D eigenvalue weighted by molar-refractivity contribution is 0.0947. The lowest BCUT2D eigenvalue weighted by Gasteiger charge is -2.08. The normalized spacial score (nSPS) is 11.1. The highest BCUT2D eigenvalue weighted by atomic mass is 16.2. The van der Waals surface area contributed by atoms with E-state index in [4.69, 9.17) is 0 Å². The van der Waals surface area contributed by atoms with Gasteiger partial charge >= 0.3 is 0 Å². The first kappa shape index (κ1) is 16.1. The van der Waals surface area contributed by atoms with E-state index >= 15 is 0 Å². The third-order valence-corrected chi connectivity index (χ3v) is 4.54. The summed E-state index contributed by atoms with van der Waals surface area (Å²) in [4.78, 5) is 27.1. The first-order valence-corrected chi connectivity index (χ1v) is 8.66. The number of H-pyrrole nitrogens is 1. The zero-order valence-corrected chi connectivity index (χ0v) is 14.2. The molecule has 4 rings (SSSR count). The number of carbonyl (C=O) groups is 1. The molecule has 0 atom stereocenters. The number of amides is 1. The van der Waals surface area contributed by atoms with Crippen molar-refractivity contribution in [3.63, 3.8) is 0 Å². The fourth-order valence-corrected chi connectivity index (χ4v) is 3.22. The van der Waals surface area contributed by atoms with Gasteiger partial charge in [0, 0.05) is 30.2 Å². The first-order valence-electron chi connectivity index (χ1n) is 8.66. The summed E-state index contributed by atoms with van der Waals surface area (Å²) in [6, 6.07) is 19.3. The van der Waals surface area contributed by atoms with E-state index in [1.54, 1.807) is 12.1 Å². The minimum Gasteiger partial charge on any atom is -0.351 e. The summed E-state index contributed by atoms with van der Waals surface area (Å²) in [6.45, 7) is 1.36. The van der Waals surface area contributed by atoms with Gasteiger partial charge in [0.1, 0.15) is 5.69 Å². The summed E-state index contributed by atoms with van der Waals surface area (Å²) < 4.78 is 2.18. The van der Waals surface area contributed by atoms with Crippen LogP contribution in [0.4, 0.5) is 0 Å². The number of carbonyl (C=O) groups excluding carboxylic acids is 1. The Labute approximate surface area is 150 Å². The molecule has 0 saturated heterocycles. The van der Waals surface area contributed by atoms with E-state index in [-0.39, 0.29) is 11.5 Å². The van der Waals surface area contributed by atoms with Gasteiger partial charge in [-0.2, -0.15) is 0 Å². The van der Waals surface area contributed by atoms with Crippen molar-refractivity contribution in [2.45, 2.75) is 13.0 Å². The van der Waals surface area contributed by atoms with Gasteiger partial charge in [-0.05, 0) is 41.5 Å². The van der Waals surface area contributed by atoms with Gasteiger partial charge in [-0.1, -0.05) is 36.4 Å². The van der Waals surface area contributed by atoms with Crippen LogP contribution in [0, 0.1) is 0 Å². The second-order valence-electron chi connectivity index (χ2n) is 6.28. The van der Waals surface area contributed by atoms with Gasteiger partial charge < -0.3 is 14.9 Å². The molecule has 2 heterocycles. The molecule has 0 fully saturated rings. The lowest BCUT2D eigenvalue weighted by atomic mass is 10.1. The van der Waals surface area contributed by atoms with Crippen molar-refractivity contribution in [3.05, 3.63) is 82.9 Å². The number of hydrogen-bond acceptors (Lipinski definition) is 2. The Morgan fingerprint density at radius 1 is 1.00 bits per heavy atom. The van der Waals surface area contributed by atoms with Crippen LogP contribution in [0.25, 0.3) is 21.7 Å². The van der Waals surface area contributed by atoms with Crippen molar-refractivity contribution in [1.29, 1.82) is 0 Å². The molecule has 2 aromatic carbocycles. The predicted molar refractivity (Wildman–Crippen MR) is 103 cm³/mol. The number of benzene rings is 2. The Morgan fingerprint density at radius 3 is 2.65 bits per heavy atom. The molecule has 5 nitrogen and oxygen atoms in total. The van der Waals surface area contributed by atoms with Crippen LogP contribution in [0.15, 0.2) is 71.7 Å². The molecule has 1 amide bonds. The second-order valence-corrected chi connectivity index (χ2v) is 6.28. The third-order valence-electron chi connectivity index (χ3n) is 4.54. The number of hydrogen-bond donors (Lipinski definition) is 2. The summed E-state index contributed by atoms with van der Waals surface area (Å²) >= 11 is 0. The van der Waals surface area contributed by atoms with Crippen LogP contribution in [0.5, 0.6) is 0 Å². The van der Waals surface area contributed by atoms with Crippen LogP contribution < -0.4 is 10.9 Å². The number of rotatable bonds is 5. The molecule has 0 aliphatic rings. The molecule has 26 heavy (non-hydrogen) atoms. The molecule has 0 aliphatic carbocycles. The number of aromatic amines is 1. The van der Waals surface area contributed by atoms with Crippen LogP contribution in [0.3, 0.4) is 0 Å². The van der Waals surface area contributed by atoms with Gasteiger partial charge in [-0.25, -0.2) is 0 Å². The number of aryl methyl sites for hydroxylation is 1. The lowest BCUT2D eigenvalue weighted by Crippen LogP contribution is -2.27. The van der Waals surface area contributed by atoms with Crippen molar-refractivity contribution in [1.82, 2.24) is 14.9 Å². The molecule has 0 unspecified atom stereocenters. The summed E-state index contributed by atoms with van der Waals surface area (Å²) in [5.74, 6) is -0.259. The number of pyridine rings is 1. The predicted octanol–water partition coefficient (Wildman–Crippen LogP) is 3.30. The van der Waals surface area contributed by atoms with E-state index in [1.807, 2.05) is 30.3 Å². The van der Waals surface area contributed by atoms with Crippen molar-refractivity contribution in [2.75, 3.05) is 6.54 Å². The smallest absolute Gasteiger partial charge is 0.267 e. The highest BCUT2D eigenvalue weighted by molar-refractivity contribution is 5.96. The minimum atomic E-state index is -0.259. The summed E-state index contributed by atoms with van der Waals surface area (Å²) in [6.07, 6.45) is 2.87. The fraction of sp³-hybridized carbons (Fsp3) is 0.143. The Hall–Kier alpha value is -3.34. The minimum absolute atomic E-state index is 0.243. The zero-order valence-electron chi connectivity index (χ0n) is 14.2. The Kier molecular flexibility index (Phi) is 4.27. The molecule has 4 aromatic rings. The van der Waals surface area contributed by atoms with E-state index in [1.165, 1.54) is 10.9 Å². The molecule has 2 aromatic heterocycles. The number of aromatic nitrogens is 2. The molecule has 130 valence electrons. The number of para-hydroxylation sites is 1. The monoisotopic (exact) mass is 345 g/mol. The van der Waals surface area contributed by atoms with Gasteiger partial charge in [0.25, 0.3) is 11.5 Å². The van der Waals surface area contributed by atoms with Gasteiger partial charge in [-0.3, -0.25) is 9.59 Å². The van der Waals surface area contributed by atoms with Crippen LogP contribution in [-0.2, 0) is 6.54 Å². The van der Waals surface area contributed by atoms with Crippen molar-refractivity contribution in [3.8, 4) is 0 Å². The molecule has 0 saturated carbocycles. The third kappa shape index (κ3) is 3.11. The Bertz CT molecular complexity index is 1140. The largest absolute Gasteiger partial charge is 0.351 e. The summed E-state index contributed by atoms with van der Waals surface area (Å²) in [7, 11) is 0. The number of nitrogens with one attached hydrogen (secondary N) is 2.